The van der Waals surface area contributed by atoms with Gasteiger partial charge in [-0.3, -0.25) is 0 Å². The van der Waals surface area contributed by atoms with E-state index in [0.29, 0.717) is 0 Å². The van der Waals surface area contributed by atoms with E-state index in [4.69, 9.17) is 4.42 Å². The number of hydrogen-bond acceptors (Lipinski definition) is 2. The van der Waals surface area contributed by atoms with Gasteiger partial charge in [0.05, 0.1) is 0 Å². The Morgan fingerprint density at radius 1 is 0.312 bits per heavy atom. The van der Waals surface area contributed by atoms with E-state index in [9.17, 15) is 0 Å². The van der Waals surface area contributed by atoms with Crippen LogP contribution in [-0.2, 0) is 0 Å². The molecule has 2 nitrogen and oxygen atoms in total. The fraction of sp³-hybridized carbons (Fsp3) is 0. The maximum Gasteiger partial charge on any atom is 0.136 e. The highest BCUT2D eigenvalue weighted by molar-refractivity contribution is 6.12. The first-order valence-electron chi connectivity index (χ1n) is 16.3. The van der Waals surface area contributed by atoms with Gasteiger partial charge in [0.15, 0.2) is 0 Å². The number of para-hydroxylation sites is 2. The molecule has 0 unspecified atom stereocenters. The van der Waals surface area contributed by atoms with Gasteiger partial charge in [-0.25, -0.2) is 0 Å². The molecule has 0 fully saturated rings. The zero-order valence-electron chi connectivity index (χ0n) is 26.3. The summed E-state index contributed by atoms with van der Waals surface area (Å²) in [5.74, 6) is 0. The second kappa shape index (κ2) is 11.8. The fourth-order valence-corrected chi connectivity index (χ4v) is 6.96. The first-order chi connectivity index (χ1) is 23.8. The van der Waals surface area contributed by atoms with Crippen molar-refractivity contribution in [2.24, 2.45) is 0 Å². The lowest BCUT2D eigenvalue weighted by molar-refractivity contribution is 0.669. The van der Waals surface area contributed by atoms with Gasteiger partial charge in [-0.15, -0.1) is 0 Å². The molecule has 2 heteroatoms. The number of furan rings is 1. The van der Waals surface area contributed by atoms with Gasteiger partial charge in [-0.1, -0.05) is 133 Å². The van der Waals surface area contributed by atoms with E-state index in [1.165, 1.54) is 44.2 Å². The first kappa shape index (κ1) is 27.9. The summed E-state index contributed by atoms with van der Waals surface area (Å²) in [5.41, 5.74) is 12.4. The van der Waals surface area contributed by atoms with Gasteiger partial charge in [-0.05, 0) is 98.8 Å². The van der Waals surface area contributed by atoms with E-state index >= 15 is 0 Å². The summed E-state index contributed by atoms with van der Waals surface area (Å²) in [5, 5.41) is 4.68. The molecular weight excluding hydrogens is 583 g/mol. The van der Waals surface area contributed by atoms with Crippen LogP contribution >= 0.6 is 0 Å². The van der Waals surface area contributed by atoms with Crippen LogP contribution in [0.1, 0.15) is 0 Å². The van der Waals surface area contributed by atoms with Crippen LogP contribution in [0.5, 0.6) is 0 Å². The van der Waals surface area contributed by atoms with Crippen molar-refractivity contribution in [3.05, 3.63) is 188 Å². The van der Waals surface area contributed by atoms with Crippen LogP contribution in [0.4, 0.5) is 17.1 Å². The molecule has 1 aromatic heterocycles. The number of fused-ring (bicyclic) bond motifs is 4. The van der Waals surface area contributed by atoms with E-state index < -0.39 is 0 Å². The van der Waals surface area contributed by atoms with Gasteiger partial charge in [0.2, 0.25) is 0 Å². The molecule has 0 amide bonds. The van der Waals surface area contributed by atoms with Crippen LogP contribution < -0.4 is 4.90 Å². The van der Waals surface area contributed by atoms with Gasteiger partial charge >= 0.3 is 0 Å². The highest BCUT2D eigenvalue weighted by Crippen LogP contribution is 2.40. The molecule has 0 aliphatic heterocycles. The summed E-state index contributed by atoms with van der Waals surface area (Å²) in [6.45, 7) is 0. The molecule has 226 valence electrons. The predicted octanol–water partition coefficient (Wildman–Crippen LogP) is 13.2. The lowest BCUT2D eigenvalue weighted by atomic mass is 9.94. The van der Waals surface area contributed by atoms with Crippen LogP contribution in [0.25, 0.3) is 66.1 Å². The third kappa shape index (κ3) is 4.92. The van der Waals surface area contributed by atoms with E-state index in [1.807, 2.05) is 12.1 Å². The molecule has 0 bridgehead atoms. The summed E-state index contributed by atoms with van der Waals surface area (Å²) in [4.78, 5) is 2.32. The average molecular weight is 614 g/mol. The summed E-state index contributed by atoms with van der Waals surface area (Å²) in [6.07, 6.45) is 0. The maximum absolute atomic E-state index is 6.19. The molecule has 0 atom stereocenters. The Hall–Kier alpha value is -6.38. The Balaban J connectivity index is 1.10. The van der Waals surface area contributed by atoms with E-state index in [1.54, 1.807) is 0 Å². The van der Waals surface area contributed by atoms with Crippen molar-refractivity contribution in [1.82, 2.24) is 0 Å². The lowest BCUT2D eigenvalue weighted by Crippen LogP contribution is -2.09. The van der Waals surface area contributed by atoms with Crippen molar-refractivity contribution in [2.45, 2.75) is 0 Å². The van der Waals surface area contributed by atoms with Gasteiger partial charge in [0.25, 0.3) is 0 Å². The van der Waals surface area contributed by atoms with Crippen molar-refractivity contribution in [1.29, 1.82) is 0 Å². The molecule has 0 aliphatic carbocycles. The molecule has 0 saturated heterocycles. The number of rotatable bonds is 6. The van der Waals surface area contributed by atoms with Crippen molar-refractivity contribution in [3.8, 4) is 33.4 Å². The minimum Gasteiger partial charge on any atom is -0.456 e. The molecule has 1 heterocycles. The summed E-state index contributed by atoms with van der Waals surface area (Å²) in [7, 11) is 0. The quantitative estimate of drug-likeness (QED) is 0.185. The van der Waals surface area contributed by atoms with Crippen molar-refractivity contribution in [2.75, 3.05) is 4.90 Å². The second-order valence-corrected chi connectivity index (χ2v) is 12.1. The van der Waals surface area contributed by atoms with Gasteiger partial charge in [-0.2, -0.15) is 0 Å². The maximum atomic E-state index is 6.19. The van der Waals surface area contributed by atoms with Gasteiger partial charge < -0.3 is 9.32 Å². The van der Waals surface area contributed by atoms with Crippen LogP contribution in [0.15, 0.2) is 192 Å². The highest BCUT2D eigenvalue weighted by Gasteiger charge is 2.15. The third-order valence-electron chi connectivity index (χ3n) is 9.28. The Kier molecular flexibility index (Phi) is 6.84. The predicted molar refractivity (Wildman–Crippen MR) is 202 cm³/mol. The van der Waals surface area contributed by atoms with Crippen molar-refractivity contribution >= 4 is 49.8 Å². The molecule has 0 N–H and O–H groups in total. The zero-order valence-corrected chi connectivity index (χ0v) is 26.3. The van der Waals surface area contributed by atoms with E-state index in [2.05, 4.69) is 181 Å². The van der Waals surface area contributed by atoms with Crippen LogP contribution in [0.2, 0.25) is 0 Å². The number of benzene rings is 8. The van der Waals surface area contributed by atoms with E-state index in [0.717, 1.165) is 39.0 Å². The molecule has 8 aromatic carbocycles. The molecular formula is C46H31NO. The molecule has 0 radical (unpaired) electrons. The normalized spacial score (nSPS) is 11.3. The first-order valence-corrected chi connectivity index (χ1v) is 16.3. The lowest BCUT2D eigenvalue weighted by Gasteiger charge is -2.26. The Bertz CT molecular complexity index is 2530. The fourth-order valence-electron chi connectivity index (χ4n) is 6.96. The number of hydrogen-bond donors (Lipinski definition) is 0. The summed E-state index contributed by atoms with van der Waals surface area (Å²) in [6, 6.07) is 66.9. The molecule has 9 rings (SSSR count). The largest absolute Gasteiger partial charge is 0.456 e. The standard InChI is InChI=1S/C46H31NO/c1-3-12-32(13-4-1)39-17-7-8-18-40(39)33-22-26-37(27-23-33)47(36-15-5-2-6-16-36)38-28-24-34(25-29-38)41-20-11-14-35-30-46-44(31-43(35)41)42-19-9-10-21-45(42)48-46/h1-31H. The van der Waals surface area contributed by atoms with Crippen LogP contribution in [0, 0.1) is 0 Å². The molecule has 0 saturated carbocycles. The SMILES string of the molecule is c1ccc(-c2ccccc2-c2ccc(N(c3ccccc3)c3ccc(-c4cccc5cc6oc7ccccc7c6cc45)cc3)cc2)cc1. The Morgan fingerprint density at radius 2 is 0.833 bits per heavy atom. The van der Waals surface area contributed by atoms with Crippen LogP contribution in [0.3, 0.4) is 0 Å². The monoisotopic (exact) mass is 613 g/mol. The summed E-state index contributed by atoms with van der Waals surface area (Å²) >= 11 is 0. The summed E-state index contributed by atoms with van der Waals surface area (Å²) < 4.78 is 6.19. The number of anilines is 3. The smallest absolute Gasteiger partial charge is 0.136 e. The minimum absolute atomic E-state index is 0.920. The topological polar surface area (TPSA) is 16.4 Å². The Labute approximate surface area is 279 Å². The average Bonchev–Trinajstić information content (AvgIpc) is 3.53. The minimum atomic E-state index is 0.920. The number of nitrogens with zero attached hydrogens (tertiary/aromatic N) is 1. The molecule has 0 spiro atoms. The van der Waals surface area contributed by atoms with E-state index in [-0.39, 0.29) is 0 Å². The molecule has 0 aliphatic rings. The molecule has 9 aromatic rings. The molecule has 48 heavy (non-hydrogen) atoms. The highest BCUT2D eigenvalue weighted by atomic mass is 16.3. The Morgan fingerprint density at radius 3 is 1.52 bits per heavy atom. The third-order valence-corrected chi connectivity index (χ3v) is 9.28. The second-order valence-electron chi connectivity index (χ2n) is 12.1. The zero-order chi connectivity index (χ0) is 31.9. The van der Waals surface area contributed by atoms with Gasteiger partial charge in [0.1, 0.15) is 11.2 Å². The van der Waals surface area contributed by atoms with Crippen molar-refractivity contribution < 1.29 is 4.42 Å². The van der Waals surface area contributed by atoms with Gasteiger partial charge in [0, 0.05) is 27.8 Å². The van der Waals surface area contributed by atoms with Crippen molar-refractivity contribution in [3.63, 3.8) is 0 Å². The van der Waals surface area contributed by atoms with Crippen LogP contribution in [-0.4, -0.2) is 0 Å².